The van der Waals surface area contributed by atoms with Crippen molar-refractivity contribution in [1.29, 1.82) is 0 Å². The van der Waals surface area contributed by atoms with Crippen LogP contribution in [0.1, 0.15) is 10.5 Å². The topological polar surface area (TPSA) is 91.2 Å². The van der Waals surface area contributed by atoms with Gasteiger partial charge in [0.05, 0.1) is 5.69 Å². The van der Waals surface area contributed by atoms with Crippen LogP contribution in [0.3, 0.4) is 0 Å². The van der Waals surface area contributed by atoms with E-state index in [1.807, 2.05) is 0 Å². The fourth-order valence-electron chi connectivity index (χ4n) is 0.862. The van der Waals surface area contributed by atoms with Gasteiger partial charge in [0.2, 0.25) is 0 Å². The first kappa shape index (κ1) is 11.1. The summed E-state index contributed by atoms with van der Waals surface area (Å²) in [4.78, 5) is 14.1. The van der Waals surface area contributed by atoms with Gasteiger partial charge in [0.1, 0.15) is 0 Å². The van der Waals surface area contributed by atoms with E-state index in [1.54, 1.807) is 0 Å². The molecule has 82 valence electrons. The molecular formula is C7H6F3N3O2. The Balaban J connectivity index is 3.19. The average molecular weight is 221 g/mol. The number of amides is 1. The Hall–Kier alpha value is -1.99. The number of aromatic nitrogens is 1. The molecule has 8 heteroatoms. The van der Waals surface area contributed by atoms with E-state index in [0.717, 1.165) is 12.3 Å². The molecule has 0 saturated carbocycles. The fraction of sp³-hybridized carbons (Fsp3) is 0.143. The zero-order valence-electron chi connectivity index (χ0n) is 7.21. The van der Waals surface area contributed by atoms with E-state index >= 15 is 0 Å². The highest BCUT2D eigenvalue weighted by Crippen LogP contribution is 2.30. The Labute approximate surface area is 81.8 Å². The lowest BCUT2D eigenvalue weighted by Crippen LogP contribution is -2.22. The van der Waals surface area contributed by atoms with Crippen molar-refractivity contribution in [1.82, 2.24) is 4.98 Å². The van der Waals surface area contributed by atoms with Crippen molar-refractivity contribution in [3.05, 3.63) is 18.0 Å². The van der Waals surface area contributed by atoms with Crippen LogP contribution in [0.2, 0.25) is 0 Å². The minimum Gasteiger partial charge on any atom is -0.401 e. The SMILES string of the molecule is NC(=O)c1nccc(N)c1OC(F)(F)F. The predicted octanol–water partition coefficient (Wildman–Crippen LogP) is 0.661. The molecule has 0 spiro atoms. The molecule has 1 rings (SSSR count). The molecule has 0 radical (unpaired) electrons. The summed E-state index contributed by atoms with van der Waals surface area (Å²) < 4.78 is 39.3. The Morgan fingerprint density at radius 1 is 1.47 bits per heavy atom. The second-order valence-corrected chi connectivity index (χ2v) is 2.49. The molecular weight excluding hydrogens is 215 g/mol. The third-order valence-electron chi connectivity index (χ3n) is 1.39. The predicted molar refractivity (Wildman–Crippen MR) is 43.9 cm³/mol. The maximum atomic E-state index is 11.9. The Morgan fingerprint density at radius 3 is 2.53 bits per heavy atom. The smallest absolute Gasteiger partial charge is 0.401 e. The molecule has 15 heavy (non-hydrogen) atoms. The molecule has 0 aliphatic heterocycles. The lowest BCUT2D eigenvalue weighted by atomic mass is 10.3. The second-order valence-electron chi connectivity index (χ2n) is 2.49. The van der Waals surface area contributed by atoms with E-state index in [4.69, 9.17) is 11.5 Å². The fourth-order valence-corrected chi connectivity index (χ4v) is 0.862. The molecule has 0 aliphatic rings. The van der Waals surface area contributed by atoms with Crippen molar-refractivity contribution in [3.63, 3.8) is 0 Å². The molecule has 5 nitrogen and oxygen atoms in total. The van der Waals surface area contributed by atoms with Crippen LogP contribution in [0, 0.1) is 0 Å². The van der Waals surface area contributed by atoms with Crippen molar-refractivity contribution < 1.29 is 22.7 Å². The summed E-state index contributed by atoms with van der Waals surface area (Å²) in [6.07, 6.45) is -3.90. The summed E-state index contributed by atoms with van der Waals surface area (Å²) in [7, 11) is 0. The van der Waals surface area contributed by atoms with Crippen LogP contribution in [0.25, 0.3) is 0 Å². The lowest BCUT2D eigenvalue weighted by Gasteiger charge is -2.12. The third-order valence-corrected chi connectivity index (χ3v) is 1.39. The Kier molecular flexibility index (Phi) is 2.69. The van der Waals surface area contributed by atoms with Gasteiger partial charge in [0.25, 0.3) is 5.91 Å². The van der Waals surface area contributed by atoms with E-state index in [9.17, 15) is 18.0 Å². The van der Waals surface area contributed by atoms with E-state index in [0.29, 0.717) is 0 Å². The van der Waals surface area contributed by atoms with Gasteiger partial charge in [-0.2, -0.15) is 0 Å². The number of nitrogens with zero attached hydrogens (tertiary/aromatic N) is 1. The first-order valence-electron chi connectivity index (χ1n) is 3.61. The number of ether oxygens (including phenoxy) is 1. The molecule has 1 aromatic heterocycles. The summed E-state index contributed by atoms with van der Waals surface area (Å²) in [6, 6.07) is 1.06. The van der Waals surface area contributed by atoms with E-state index in [1.165, 1.54) is 0 Å². The van der Waals surface area contributed by atoms with Crippen molar-refractivity contribution in [3.8, 4) is 5.75 Å². The largest absolute Gasteiger partial charge is 0.573 e. The highest BCUT2D eigenvalue weighted by molar-refractivity contribution is 5.95. The number of anilines is 1. The minimum atomic E-state index is -4.96. The number of hydrogen-bond donors (Lipinski definition) is 2. The van der Waals surface area contributed by atoms with E-state index in [-0.39, 0.29) is 5.69 Å². The molecule has 0 fully saturated rings. The maximum absolute atomic E-state index is 11.9. The number of hydrogen-bond acceptors (Lipinski definition) is 4. The summed E-state index contributed by atoms with van der Waals surface area (Å²) >= 11 is 0. The normalized spacial score (nSPS) is 11.1. The first-order chi connectivity index (χ1) is 6.81. The monoisotopic (exact) mass is 221 g/mol. The number of nitrogens with two attached hydrogens (primary N) is 2. The van der Waals surface area contributed by atoms with Crippen molar-refractivity contribution in [2.75, 3.05) is 5.73 Å². The summed E-state index contributed by atoms with van der Waals surface area (Å²) in [5.74, 6) is -2.03. The van der Waals surface area contributed by atoms with Gasteiger partial charge in [0, 0.05) is 6.20 Å². The van der Waals surface area contributed by atoms with Crippen molar-refractivity contribution in [2.24, 2.45) is 5.73 Å². The number of carbonyl (C=O) groups is 1. The van der Waals surface area contributed by atoms with Crippen molar-refractivity contribution in [2.45, 2.75) is 6.36 Å². The number of alkyl halides is 3. The molecule has 1 amide bonds. The summed E-state index contributed by atoms with van der Waals surface area (Å²) in [5, 5.41) is 0. The number of primary amides is 1. The quantitative estimate of drug-likeness (QED) is 0.767. The molecule has 4 N–H and O–H groups in total. The zero-order chi connectivity index (χ0) is 11.6. The number of rotatable bonds is 2. The molecule has 0 unspecified atom stereocenters. The van der Waals surface area contributed by atoms with Crippen LogP contribution in [-0.4, -0.2) is 17.3 Å². The zero-order valence-corrected chi connectivity index (χ0v) is 7.21. The van der Waals surface area contributed by atoms with Crippen LogP contribution in [0.4, 0.5) is 18.9 Å². The van der Waals surface area contributed by atoms with Gasteiger partial charge in [-0.3, -0.25) is 4.79 Å². The number of carbonyl (C=O) groups excluding carboxylic acids is 1. The lowest BCUT2D eigenvalue weighted by molar-refractivity contribution is -0.274. The van der Waals surface area contributed by atoms with Gasteiger partial charge >= 0.3 is 6.36 Å². The standard InChI is InChI=1S/C7H6F3N3O2/c8-7(9,10)15-5-3(11)1-2-13-4(5)6(12)14/h1-2H,(H2,11,13)(H2,12,14). The molecule has 1 aromatic rings. The number of pyridine rings is 1. The molecule has 1 heterocycles. The van der Waals surface area contributed by atoms with Gasteiger partial charge in [0.15, 0.2) is 11.4 Å². The molecule has 0 bridgehead atoms. The van der Waals surface area contributed by atoms with Crippen molar-refractivity contribution >= 4 is 11.6 Å². The molecule has 0 saturated heterocycles. The van der Waals surface area contributed by atoms with Crippen LogP contribution in [0.5, 0.6) is 5.75 Å². The highest BCUT2D eigenvalue weighted by Gasteiger charge is 2.34. The Morgan fingerprint density at radius 2 is 2.07 bits per heavy atom. The van der Waals surface area contributed by atoms with E-state index in [2.05, 4.69) is 9.72 Å². The summed E-state index contributed by atoms with van der Waals surface area (Å²) in [5.41, 5.74) is 8.97. The molecule has 0 atom stereocenters. The molecule has 0 aromatic carbocycles. The molecule has 0 aliphatic carbocycles. The van der Waals surface area contributed by atoms with Crippen LogP contribution >= 0.6 is 0 Å². The average Bonchev–Trinajstić information content (AvgIpc) is 2.05. The minimum absolute atomic E-state index is 0.365. The van der Waals surface area contributed by atoms with Gasteiger partial charge in [-0.05, 0) is 6.07 Å². The third kappa shape index (κ3) is 2.73. The van der Waals surface area contributed by atoms with Gasteiger partial charge in [-0.1, -0.05) is 0 Å². The Bertz CT molecular complexity index is 392. The van der Waals surface area contributed by atoms with Gasteiger partial charge in [-0.15, -0.1) is 13.2 Å². The highest BCUT2D eigenvalue weighted by atomic mass is 19.4. The number of nitrogen functional groups attached to an aromatic ring is 1. The van der Waals surface area contributed by atoms with E-state index < -0.39 is 23.7 Å². The van der Waals surface area contributed by atoms with Crippen LogP contribution in [-0.2, 0) is 0 Å². The second kappa shape index (κ2) is 3.64. The number of halogens is 3. The first-order valence-corrected chi connectivity index (χ1v) is 3.61. The van der Waals surface area contributed by atoms with Gasteiger partial charge < -0.3 is 16.2 Å². The van der Waals surface area contributed by atoms with Crippen LogP contribution < -0.4 is 16.2 Å². The maximum Gasteiger partial charge on any atom is 0.573 e. The van der Waals surface area contributed by atoms with Crippen LogP contribution in [0.15, 0.2) is 12.3 Å². The summed E-state index contributed by atoms with van der Waals surface area (Å²) in [6.45, 7) is 0. The van der Waals surface area contributed by atoms with Gasteiger partial charge in [-0.25, -0.2) is 4.98 Å².